The highest BCUT2D eigenvalue weighted by Gasteiger charge is 2.14. The van der Waals surface area contributed by atoms with E-state index in [-0.39, 0.29) is 6.10 Å². The summed E-state index contributed by atoms with van der Waals surface area (Å²) in [5.41, 5.74) is 6.88. The van der Waals surface area contributed by atoms with Crippen LogP contribution < -0.4 is 15.2 Å². The van der Waals surface area contributed by atoms with Crippen LogP contribution >= 0.6 is 15.9 Å². The normalized spacial score (nSPS) is 11.9. The Morgan fingerprint density at radius 1 is 1.10 bits per heavy atom. The van der Waals surface area contributed by atoms with Gasteiger partial charge >= 0.3 is 0 Å². The zero-order valence-electron chi connectivity index (χ0n) is 11.4. The van der Waals surface area contributed by atoms with Gasteiger partial charge in [0.1, 0.15) is 6.10 Å². The van der Waals surface area contributed by atoms with E-state index in [1.165, 1.54) is 0 Å². The highest BCUT2D eigenvalue weighted by atomic mass is 79.9. The Kier molecular flexibility index (Phi) is 5.44. The first-order chi connectivity index (χ1) is 9.74. The van der Waals surface area contributed by atoms with Crippen molar-refractivity contribution in [3.63, 3.8) is 0 Å². The number of nitrogens with two attached hydrogens (primary N) is 1. The standard InChI is InChI=1S/C16H18BrNO2/c1-2-19-14-8-3-4-9-15(14)20-16(11-18)12-6-5-7-13(17)10-12/h3-10,16H,2,11,18H2,1H3. The summed E-state index contributed by atoms with van der Waals surface area (Å²) in [6, 6.07) is 15.6. The molecule has 1 unspecified atom stereocenters. The molecule has 20 heavy (non-hydrogen) atoms. The molecule has 0 aliphatic rings. The third kappa shape index (κ3) is 3.74. The van der Waals surface area contributed by atoms with Crippen molar-refractivity contribution in [2.75, 3.05) is 13.2 Å². The highest BCUT2D eigenvalue weighted by molar-refractivity contribution is 9.10. The molecule has 2 N–H and O–H groups in total. The molecule has 3 nitrogen and oxygen atoms in total. The van der Waals surface area contributed by atoms with Gasteiger partial charge in [0.05, 0.1) is 6.61 Å². The smallest absolute Gasteiger partial charge is 0.162 e. The van der Waals surface area contributed by atoms with E-state index < -0.39 is 0 Å². The number of rotatable bonds is 6. The van der Waals surface area contributed by atoms with E-state index in [9.17, 15) is 0 Å². The van der Waals surface area contributed by atoms with E-state index in [0.717, 1.165) is 15.8 Å². The van der Waals surface area contributed by atoms with Crippen molar-refractivity contribution in [2.45, 2.75) is 13.0 Å². The fourth-order valence-corrected chi connectivity index (χ4v) is 2.35. The fourth-order valence-electron chi connectivity index (χ4n) is 1.93. The average Bonchev–Trinajstić information content (AvgIpc) is 2.46. The summed E-state index contributed by atoms with van der Waals surface area (Å²) >= 11 is 3.46. The van der Waals surface area contributed by atoms with Crippen molar-refractivity contribution in [1.82, 2.24) is 0 Å². The maximum Gasteiger partial charge on any atom is 0.162 e. The summed E-state index contributed by atoms with van der Waals surface area (Å²) in [5.74, 6) is 1.45. The van der Waals surface area contributed by atoms with Gasteiger partial charge in [0, 0.05) is 11.0 Å². The maximum atomic E-state index is 6.02. The van der Waals surface area contributed by atoms with Crippen LogP contribution in [0, 0.1) is 0 Å². The Hall–Kier alpha value is -1.52. The zero-order chi connectivity index (χ0) is 14.4. The van der Waals surface area contributed by atoms with Gasteiger partial charge in [-0.2, -0.15) is 0 Å². The highest BCUT2D eigenvalue weighted by Crippen LogP contribution is 2.31. The molecule has 0 aliphatic heterocycles. The molecular weight excluding hydrogens is 318 g/mol. The lowest BCUT2D eigenvalue weighted by Crippen LogP contribution is -2.18. The molecule has 0 fully saturated rings. The van der Waals surface area contributed by atoms with E-state index in [2.05, 4.69) is 15.9 Å². The molecule has 0 bridgehead atoms. The molecule has 0 spiro atoms. The second-order valence-electron chi connectivity index (χ2n) is 4.28. The minimum Gasteiger partial charge on any atom is -0.490 e. The van der Waals surface area contributed by atoms with E-state index >= 15 is 0 Å². The van der Waals surface area contributed by atoms with Crippen molar-refractivity contribution >= 4 is 15.9 Å². The van der Waals surface area contributed by atoms with Gasteiger partial charge in [0.25, 0.3) is 0 Å². The minimum absolute atomic E-state index is 0.200. The lowest BCUT2D eigenvalue weighted by atomic mass is 10.1. The summed E-state index contributed by atoms with van der Waals surface area (Å²) < 4.78 is 12.6. The van der Waals surface area contributed by atoms with Crippen molar-refractivity contribution < 1.29 is 9.47 Å². The Morgan fingerprint density at radius 2 is 1.85 bits per heavy atom. The number of hydrogen-bond acceptors (Lipinski definition) is 3. The van der Waals surface area contributed by atoms with Crippen LogP contribution in [0.4, 0.5) is 0 Å². The maximum absolute atomic E-state index is 6.02. The fraction of sp³-hybridized carbons (Fsp3) is 0.250. The van der Waals surface area contributed by atoms with Crippen LogP contribution in [0.3, 0.4) is 0 Å². The number of ether oxygens (including phenoxy) is 2. The summed E-state index contributed by atoms with van der Waals surface area (Å²) in [4.78, 5) is 0. The van der Waals surface area contributed by atoms with Crippen LogP contribution in [-0.4, -0.2) is 13.2 Å². The average molecular weight is 336 g/mol. The molecule has 0 heterocycles. The molecule has 106 valence electrons. The molecule has 0 aliphatic carbocycles. The van der Waals surface area contributed by atoms with Gasteiger partial charge in [-0.15, -0.1) is 0 Å². The third-order valence-electron chi connectivity index (χ3n) is 2.85. The van der Waals surface area contributed by atoms with Crippen LogP contribution in [0.1, 0.15) is 18.6 Å². The topological polar surface area (TPSA) is 44.5 Å². The summed E-state index contributed by atoms with van der Waals surface area (Å²) in [6.07, 6.45) is -0.200. The summed E-state index contributed by atoms with van der Waals surface area (Å²) in [7, 11) is 0. The lowest BCUT2D eigenvalue weighted by molar-refractivity contribution is 0.200. The largest absolute Gasteiger partial charge is 0.490 e. The molecule has 4 heteroatoms. The molecule has 0 aromatic heterocycles. The number of hydrogen-bond donors (Lipinski definition) is 1. The molecule has 2 aromatic rings. The first-order valence-electron chi connectivity index (χ1n) is 6.58. The van der Waals surface area contributed by atoms with Crippen molar-refractivity contribution in [3.8, 4) is 11.5 Å². The third-order valence-corrected chi connectivity index (χ3v) is 3.35. The minimum atomic E-state index is -0.200. The predicted molar refractivity (Wildman–Crippen MR) is 84.2 cm³/mol. The van der Waals surface area contributed by atoms with Crippen molar-refractivity contribution in [1.29, 1.82) is 0 Å². The zero-order valence-corrected chi connectivity index (χ0v) is 13.0. The lowest BCUT2D eigenvalue weighted by Gasteiger charge is -2.20. The molecule has 0 amide bonds. The van der Waals surface area contributed by atoms with E-state index in [1.807, 2.05) is 55.5 Å². The van der Waals surface area contributed by atoms with Gasteiger partial charge in [0.15, 0.2) is 11.5 Å². The Labute approximate surface area is 127 Å². The quantitative estimate of drug-likeness (QED) is 0.869. The molecule has 2 rings (SSSR count). The van der Waals surface area contributed by atoms with Crippen molar-refractivity contribution in [2.24, 2.45) is 5.73 Å². The van der Waals surface area contributed by atoms with Gasteiger partial charge in [-0.3, -0.25) is 0 Å². The first kappa shape index (κ1) is 14.9. The van der Waals surface area contributed by atoms with E-state index in [0.29, 0.717) is 18.9 Å². The Bertz CT molecular complexity index is 560. The Morgan fingerprint density at radius 3 is 2.50 bits per heavy atom. The van der Waals surface area contributed by atoms with Crippen LogP contribution in [0.15, 0.2) is 53.0 Å². The van der Waals surface area contributed by atoms with Crippen LogP contribution in [0.2, 0.25) is 0 Å². The van der Waals surface area contributed by atoms with Crippen LogP contribution in [0.5, 0.6) is 11.5 Å². The van der Waals surface area contributed by atoms with Crippen LogP contribution in [0.25, 0.3) is 0 Å². The van der Waals surface area contributed by atoms with Crippen LogP contribution in [-0.2, 0) is 0 Å². The summed E-state index contributed by atoms with van der Waals surface area (Å²) in [6.45, 7) is 2.95. The predicted octanol–water partition coefficient (Wildman–Crippen LogP) is 3.93. The second kappa shape index (κ2) is 7.31. The van der Waals surface area contributed by atoms with E-state index in [1.54, 1.807) is 0 Å². The number of benzene rings is 2. The molecule has 0 saturated carbocycles. The van der Waals surface area contributed by atoms with Gasteiger partial charge in [-0.1, -0.05) is 40.2 Å². The van der Waals surface area contributed by atoms with Gasteiger partial charge in [-0.25, -0.2) is 0 Å². The SMILES string of the molecule is CCOc1ccccc1OC(CN)c1cccc(Br)c1. The molecular formula is C16H18BrNO2. The monoisotopic (exact) mass is 335 g/mol. The Balaban J connectivity index is 2.22. The van der Waals surface area contributed by atoms with Gasteiger partial charge < -0.3 is 15.2 Å². The van der Waals surface area contributed by atoms with Crippen molar-refractivity contribution in [3.05, 3.63) is 58.6 Å². The molecule has 2 aromatic carbocycles. The molecule has 0 saturated heterocycles. The second-order valence-corrected chi connectivity index (χ2v) is 5.19. The number of halogens is 1. The number of para-hydroxylation sites is 2. The van der Waals surface area contributed by atoms with Gasteiger partial charge in [-0.05, 0) is 36.8 Å². The van der Waals surface area contributed by atoms with E-state index in [4.69, 9.17) is 15.2 Å². The summed E-state index contributed by atoms with van der Waals surface area (Å²) in [5, 5.41) is 0. The van der Waals surface area contributed by atoms with Gasteiger partial charge in [0.2, 0.25) is 0 Å². The molecule has 0 radical (unpaired) electrons. The first-order valence-corrected chi connectivity index (χ1v) is 7.38. The molecule has 1 atom stereocenters.